The van der Waals surface area contributed by atoms with Crippen molar-refractivity contribution in [2.45, 2.75) is 50.6 Å². The smallest absolute Gasteiger partial charge is 0.264 e. The summed E-state index contributed by atoms with van der Waals surface area (Å²) < 4.78 is 54.0. The van der Waals surface area contributed by atoms with Crippen LogP contribution in [0.2, 0.25) is 0 Å². The lowest BCUT2D eigenvalue weighted by atomic mass is 10.0. The number of carbonyl (C=O) groups is 2. The van der Waals surface area contributed by atoms with Crippen LogP contribution in [0.4, 0.5) is 10.1 Å². The number of unbranched alkanes of at least 4 members (excludes halogenated alkanes) is 1. The van der Waals surface area contributed by atoms with E-state index in [0.29, 0.717) is 30.2 Å². The minimum Gasteiger partial charge on any atom is -0.497 e. The summed E-state index contributed by atoms with van der Waals surface area (Å²) in [6.45, 7) is 4.06. The van der Waals surface area contributed by atoms with Crippen molar-refractivity contribution in [3.8, 4) is 11.5 Å². The zero-order valence-electron chi connectivity index (χ0n) is 27.5. The van der Waals surface area contributed by atoms with Crippen molar-refractivity contribution in [1.82, 2.24) is 10.2 Å². The van der Waals surface area contributed by atoms with E-state index in [-0.39, 0.29) is 29.5 Å². The van der Waals surface area contributed by atoms with Gasteiger partial charge in [-0.25, -0.2) is 12.8 Å². The first-order valence-corrected chi connectivity index (χ1v) is 17.4. The molecule has 0 aromatic heterocycles. The minimum absolute atomic E-state index is 0.00243. The predicted molar refractivity (Wildman–Crippen MR) is 184 cm³/mol. The molecule has 48 heavy (non-hydrogen) atoms. The number of hydrogen-bond acceptors (Lipinski definition) is 6. The van der Waals surface area contributed by atoms with Gasteiger partial charge in [-0.2, -0.15) is 0 Å². The maximum atomic E-state index is 14.6. The van der Waals surface area contributed by atoms with Crippen LogP contribution in [-0.2, 0) is 32.6 Å². The molecule has 1 N–H and O–H groups in total. The molecule has 0 saturated carbocycles. The van der Waals surface area contributed by atoms with Crippen molar-refractivity contribution < 1.29 is 31.9 Å². The van der Waals surface area contributed by atoms with E-state index in [9.17, 15) is 22.4 Å². The summed E-state index contributed by atoms with van der Waals surface area (Å²) in [5.74, 6) is -0.457. The third-order valence-corrected chi connectivity index (χ3v) is 9.49. The van der Waals surface area contributed by atoms with E-state index in [4.69, 9.17) is 9.47 Å². The van der Waals surface area contributed by atoms with Gasteiger partial charge in [0.2, 0.25) is 11.8 Å². The molecule has 0 spiro atoms. The van der Waals surface area contributed by atoms with Gasteiger partial charge in [0, 0.05) is 19.5 Å². The number of anilines is 1. The highest BCUT2D eigenvalue weighted by molar-refractivity contribution is 7.92. The van der Waals surface area contributed by atoms with Crippen LogP contribution < -0.4 is 19.1 Å². The molecule has 11 heteroatoms. The normalized spacial score (nSPS) is 11.8. The van der Waals surface area contributed by atoms with Crippen molar-refractivity contribution in [3.63, 3.8) is 0 Å². The highest BCUT2D eigenvalue weighted by Crippen LogP contribution is 2.27. The summed E-state index contributed by atoms with van der Waals surface area (Å²) in [4.78, 5) is 29.7. The Hall–Kier alpha value is -4.90. The molecule has 0 fully saturated rings. The highest BCUT2D eigenvalue weighted by atomic mass is 32.2. The van der Waals surface area contributed by atoms with E-state index in [0.717, 1.165) is 47.0 Å². The van der Waals surface area contributed by atoms with Gasteiger partial charge in [0.15, 0.2) is 0 Å². The second-order valence-electron chi connectivity index (χ2n) is 11.1. The second-order valence-corrected chi connectivity index (χ2v) is 13.0. The molecule has 254 valence electrons. The summed E-state index contributed by atoms with van der Waals surface area (Å²) in [6, 6.07) is 26.3. The fraction of sp³-hybridized carbons (Fsp3) is 0.297. The minimum atomic E-state index is -4.37. The molecule has 0 aliphatic carbocycles. The van der Waals surface area contributed by atoms with Crippen molar-refractivity contribution in [3.05, 3.63) is 120 Å². The quantitative estimate of drug-likeness (QED) is 0.138. The highest BCUT2D eigenvalue weighted by Gasteiger charge is 2.34. The van der Waals surface area contributed by atoms with Crippen LogP contribution in [0, 0.1) is 5.82 Å². The summed E-state index contributed by atoms with van der Waals surface area (Å²) in [5.41, 5.74) is 1.72. The summed E-state index contributed by atoms with van der Waals surface area (Å²) in [7, 11) is -2.83. The molecule has 1 unspecified atom stereocenters. The average molecular weight is 676 g/mol. The molecule has 0 saturated heterocycles. The van der Waals surface area contributed by atoms with E-state index in [1.165, 1.54) is 12.0 Å². The molecule has 0 bridgehead atoms. The number of nitrogens with one attached hydrogen (secondary N) is 1. The number of benzene rings is 4. The molecule has 0 aliphatic heterocycles. The zero-order chi connectivity index (χ0) is 34.5. The molecular weight excluding hydrogens is 633 g/mol. The lowest BCUT2D eigenvalue weighted by Crippen LogP contribution is -2.53. The fourth-order valence-electron chi connectivity index (χ4n) is 5.17. The second kappa shape index (κ2) is 17.3. The maximum absolute atomic E-state index is 14.6. The Morgan fingerprint density at radius 2 is 1.54 bits per heavy atom. The van der Waals surface area contributed by atoms with E-state index < -0.39 is 34.3 Å². The zero-order valence-corrected chi connectivity index (χ0v) is 28.3. The molecule has 4 aromatic rings. The molecule has 0 aliphatic rings. The van der Waals surface area contributed by atoms with E-state index in [1.54, 1.807) is 42.5 Å². The summed E-state index contributed by atoms with van der Waals surface area (Å²) >= 11 is 0. The van der Waals surface area contributed by atoms with Crippen molar-refractivity contribution in [1.29, 1.82) is 0 Å². The summed E-state index contributed by atoms with van der Waals surface area (Å²) in [5, 5.41) is 2.97. The van der Waals surface area contributed by atoms with Gasteiger partial charge >= 0.3 is 0 Å². The van der Waals surface area contributed by atoms with Crippen LogP contribution in [-0.4, -0.2) is 58.0 Å². The first-order valence-electron chi connectivity index (χ1n) is 15.9. The van der Waals surface area contributed by atoms with Crippen LogP contribution in [0.15, 0.2) is 108 Å². The number of methoxy groups -OCH3 is 1. The summed E-state index contributed by atoms with van der Waals surface area (Å²) in [6.07, 6.45) is 1.83. The molecule has 0 heterocycles. The Labute approximate surface area is 282 Å². The van der Waals surface area contributed by atoms with Gasteiger partial charge in [-0.05, 0) is 85.1 Å². The average Bonchev–Trinajstić information content (AvgIpc) is 3.10. The van der Waals surface area contributed by atoms with Crippen molar-refractivity contribution >= 4 is 27.5 Å². The van der Waals surface area contributed by atoms with E-state index >= 15 is 0 Å². The van der Waals surface area contributed by atoms with E-state index in [1.807, 2.05) is 50.2 Å². The number of carbonyl (C=O) groups excluding carboxylic acids is 2. The topological polar surface area (TPSA) is 105 Å². The maximum Gasteiger partial charge on any atom is 0.264 e. The number of hydrogen-bond donors (Lipinski definition) is 1. The van der Waals surface area contributed by atoms with Gasteiger partial charge < -0.3 is 19.7 Å². The van der Waals surface area contributed by atoms with Gasteiger partial charge in [-0.1, -0.05) is 55.8 Å². The van der Waals surface area contributed by atoms with Crippen LogP contribution >= 0.6 is 0 Å². The van der Waals surface area contributed by atoms with Gasteiger partial charge in [0.1, 0.15) is 29.9 Å². The van der Waals surface area contributed by atoms with Crippen LogP contribution in [0.5, 0.6) is 11.5 Å². The van der Waals surface area contributed by atoms with E-state index in [2.05, 4.69) is 5.32 Å². The number of ether oxygens (including phenoxy) is 2. The Bertz CT molecular complexity index is 1740. The Balaban J connectivity index is 1.80. The Morgan fingerprint density at radius 3 is 2.19 bits per heavy atom. The number of sulfonamides is 1. The molecule has 9 nitrogen and oxygen atoms in total. The third kappa shape index (κ3) is 9.57. The predicted octanol–water partition coefficient (Wildman–Crippen LogP) is 5.98. The number of halogens is 1. The molecule has 4 rings (SSSR count). The number of rotatable bonds is 17. The van der Waals surface area contributed by atoms with Crippen molar-refractivity contribution in [2.24, 2.45) is 0 Å². The number of nitrogens with zero attached hydrogens (tertiary/aromatic N) is 2. The van der Waals surface area contributed by atoms with Gasteiger partial charge in [0.05, 0.1) is 24.3 Å². The Morgan fingerprint density at radius 1 is 0.854 bits per heavy atom. The molecule has 4 aromatic carbocycles. The first-order chi connectivity index (χ1) is 23.2. The Kier molecular flexibility index (Phi) is 13.0. The SMILES string of the molecule is CCCCNC(=O)C(Cc1ccccc1)N(Cc1cccc(OC)c1)C(=O)CN(c1ccc(OCC)cc1)S(=O)(=O)c1ccc(F)cc1. The van der Waals surface area contributed by atoms with Gasteiger partial charge in [-0.15, -0.1) is 0 Å². The van der Waals surface area contributed by atoms with Crippen LogP contribution in [0.1, 0.15) is 37.8 Å². The third-order valence-electron chi connectivity index (χ3n) is 7.70. The lowest BCUT2D eigenvalue weighted by Gasteiger charge is -2.34. The lowest BCUT2D eigenvalue weighted by molar-refractivity contribution is -0.140. The molecular formula is C37H42FN3O6S. The van der Waals surface area contributed by atoms with Crippen molar-refractivity contribution in [2.75, 3.05) is 31.1 Å². The largest absolute Gasteiger partial charge is 0.497 e. The molecule has 1 atom stereocenters. The van der Waals surface area contributed by atoms with Crippen LogP contribution in [0.25, 0.3) is 0 Å². The van der Waals surface area contributed by atoms with Gasteiger partial charge in [0.25, 0.3) is 10.0 Å². The fourth-order valence-corrected chi connectivity index (χ4v) is 6.58. The molecule has 2 amide bonds. The molecule has 0 radical (unpaired) electrons. The van der Waals surface area contributed by atoms with Gasteiger partial charge in [-0.3, -0.25) is 13.9 Å². The first kappa shape index (κ1) is 35.9. The van der Waals surface area contributed by atoms with Crippen LogP contribution in [0.3, 0.4) is 0 Å². The monoisotopic (exact) mass is 675 g/mol. The standard InChI is InChI=1S/C37H42FN3O6S/c1-4-6-23-39-37(43)35(25-28-11-8-7-9-12-28)40(26-29-13-10-14-33(24-29)46-3)36(42)27-41(31-17-19-32(20-18-31)47-5-2)48(44,45)34-21-15-30(38)16-22-34/h7-22,24,35H,4-6,23,25-27H2,1-3H3,(H,39,43). The number of amides is 2.